The lowest BCUT2D eigenvalue weighted by Crippen LogP contribution is -2.10. The Kier molecular flexibility index (Phi) is 4.23. The summed E-state index contributed by atoms with van der Waals surface area (Å²) in [5.74, 6) is -0.266. The highest BCUT2D eigenvalue weighted by atomic mass is 35.5. The van der Waals surface area contributed by atoms with Crippen molar-refractivity contribution in [2.24, 2.45) is 0 Å². The van der Waals surface area contributed by atoms with E-state index in [1.165, 1.54) is 11.6 Å². The topological polar surface area (TPSA) is 3.24 Å². The maximum atomic E-state index is 13.4. The van der Waals surface area contributed by atoms with E-state index in [2.05, 4.69) is 17.0 Å². The standard InChI is InChI=1S/C16H17ClFN/c1-11-15(18)9-8-14(16(11)17)13-6-4-12(5-7-13)10-19(2)3/h4-9H,10H2,1-3H3. The van der Waals surface area contributed by atoms with E-state index in [1.54, 1.807) is 13.0 Å². The third-order valence-electron chi connectivity index (χ3n) is 3.08. The SMILES string of the molecule is Cc1c(F)ccc(-c2ccc(CN(C)C)cc2)c1Cl. The van der Waals surface area contributed by atoms with Crippen LogP contribution < -0.4 is 0 Å². The number of rotatable bonds is 3. The third kappa shape index (κ3) is 3.14. The summed E-state index contributed by atoms with van der Waals surface area (Å²) in [5.41, 5.74) is 3.62. The zero-order valence-corrected chi connectivity index (χ0v) is 12.1. The van der Waals surface area contributed by atoms with Crippen molar-refractivity contribution in [3.8, 4) is 11.1 Å². The van der Waals surface area contributed by atoms with Gasteiger partial charge in [-0.15, -0.1) is 0 Å². The van der Waals surface area contributed by atoms with Crippen LogP contribution in [0.2, 0.25) is 5.02 Å². The molecule has 0 saturated carbocycles. The maximum Gasteiger partial charge on any atom is 0.127 e. The molecule has 0 atom stereocenters. The second kappa shape index (κ2) is 5.72. The van der Waals surface area contributed by atoms with Gasteiger partial charge < -0.3 is 4.90 Å². The van der Waals surface area contributed by atoms with Gasteiger partial charge in [0, 0.05) is 17.7 Å². The molecule has 0 radical (unpaired) electrons. The molecule has 0 aliphatic heterocycles. The molecule has 19 heavy (non-hydrogen) atoms. The van der Waals surface area contributed by atoms with Gasteiger partial charge in [-0.25, -0.2) is 4.39 Å². The highest BCUT2D eigenvalue weighted by molar-refractivity contribution is 6.34. The Balaban J connectivity index is 2.35. The molecule has 0 aliphatic rings. The molecule has 0 heterocycles. The molecule has 0 spiro atoms. The zero-order chi connectivity index (χ0) is 14.0. The Morgan fingerprint density at radius 3 is 2.26 bits per heavy atom. The molecule has 3 heteroatoms. The van der Waals surface area contributed by atoms with Gasteiger partial charge in [0.05, 0.1) is 5.02 Å². The van der Waals surface area contributed by atoms with E-state index in [0.717, 1.165) is 17.7 Å². The van der Waals surface area contributed by atoms with Gasteiger partial charge in [0.2, 0.25) is 0 Å². The predicted octanol–water partition coefficient (Wildman–Crippen LogP) is 4.52. The fourth-order valence-corrected chi connectivity index (χ4v) is 2.30. The van der Waals surface area contributed by atoms with Crippen molar-refractivity contribution < 1.29 is 4.39 Å². The number of nitrogens with zero attached hydrogens (tertiary/aromatic N) is 1. The first-order chi connectivity index (χ1) is 8.99. The Morgan fingerprint density at radius 2 is 1.68 bits per heavy atom. The first-order valence-corrected chi connectivity index (χ1v) is 6.55. The van der Waals surface area contributed by atoms with Crippen LogP contribution >= 0.6 is 11.6 Å². The predicted molar refractivity (Wildman–Crippen MR) is 79.0 cm³/mol. The molecule has 0 fully saturated rings. The van der Waals surface area contributed by atoms with Crippen molar-refractivity contribution in [2.75, 3.05) is 14.1 Å². The molecule has 0 aliphatic carbocycles. The minimum absolute atomic E-state index is 0.266. The second-order valence-corrected chi connectivity index (χ2v) is 5.35. The summed E-state index contributed by atoms with van der Waals surface area (Å²) in [6, 6.07) is 11.4. The second-order valence-electron chi connectivity index (χ2n) is 4.97. The van der Waals surface area contributed by atoms with Crippen molar-refractivity contribution in [3.63, 3.8) is 0 Å². The van der Waals surface area contributed by atoms with Crippen LogP contribution in [0.25, 0.3) is 11.1 Å². The molecule has 1 nitrogen and oxygen atoms in total. The van der Waals surface area contributed by atoms with Gasteiger partial charge in [0.1, 0.15) is 5.82 Å². The van der Waals surface area contributed by atoms with Gasteiger partial charge in [-0.3, -0.25) is 0 Å². The van der Waals surface area contributed by atoms with Gasteiger partial charge >= 0.3 is 0 Å². The van der Waals surface area contributed by atoms with E-state index in [-0.39, 0.29) is 5.82 Å². The van der Waals surface area contributed by atoms with Crippen LogP contribution in [0.15, 0.2) is 36.4 Å². The van der Waals surface area contributed by atoms with E-state index in [4.69, 9.17) is 11.6 Å². The average molecular weight is 278 g/mol. The fraction of sp³-hybridized carbons (Fsp3) is 0.250. The summed E-state index contributed by atoms with van der Waals surface area (Å²) >= 11 is 6.21. The first-order valence-electron chi connectivity index (χ1n) is 6.17. The highest BCUT2D eigenvalue weighted by Crippen LogP contribution is 2.31. The minimum atomic E-state index is -0.266. The number of benzene rings is 2. The lowest BCUT2D eigenvalue weighted by atomic mass is 10.0. The average Bonchev–Trinajstić information content (AvgIpc) is 2.37. The Morgan fingerprint density at radius 1 is 1.05 bits per heavy atom. The van der Waals surface area contributed by atoms with Crippen molar-refractivity contribution in [1.82, 2.24) is 4.90 Å². The minimum Gasteiger partial charge on any atom is -0.305 e. The van der Waals surface area contributed by atoms with Crippen molar-refractivity contribution >= 4 is 11.6 Å². The van der Waals surface area contributed by atoms with Gasteiger partial charge in [0.25, 0.3) is 0 Å². The van der Waals surface area contributed by atoms with Crippen molar-refractivity contribution in [2.45, 2.75) is 13.5 Å². The first kappa shape index (κ1) is 14.0. The Hall–Kier alpha value is -1.38. The fourth-order valence-electron chi connectivity index (χ4n) is 2.04. The summed E-state index contributed by atoms with van der Waals surface area (Å²) in [7, 11) is 4.07. The quantitative estimate of drug-likeness (QED) is 0.797. The van der Waals surface area contributed by atoms with E-state index >= 15 is 0 Å². The van der Waals surface area contributed by atoms with Crippen LogP contribution in [-0.2, 0) is 6.54 Å². The molecular weight excluding hydrogens is 261 g/mol. The molecule has 0 bridgehead atoms. The molecular formula is C16H17ClFN. The van der Waals surface area contributed by atoms with Crippen LogP contribution in [-0.4, -0.2) is 19.0 Å². The smallest absolute Gasteiger partial charge is 0.127 e. The van der Waals surface area contributed by atoms with E-state index < -0.39 is 0 Å². The van der Waals surface area contributed by atoms with Crippen LogP contribution in [0.4, 0.5) is 4.39 Å². The number of hydrogen-bond donors (Lipinski definition) is 0. The molecule has 2 aromatic carbocycles. The summed E-state index contributed by atoms with van der Waals surface area (Å²) in [4.78, 5) is 2.12. The monoisotopic (exact) mass is 277 g/mol. The number of halogens is 2. The van der Waals surface area contributed by atoms with Crippen LogP contribution in [0.3, 0.4) is 0 Å². The molecule has 0 aromatic heterocycles. The summed E-state index contributed by atoms with van der Waals surface area (Å²) < 4.78 is 13.4. The van der Waals surface area contributed by atoms with Crippen molar-refractivity contribution in [3.05, 3.63) is 58.4 Å². The van der Waals surface area contributed by atoms with Crippen LogP contribution in [0.1, 0.15) is 11.1 Å². The zero-order valence-electron chi connectivity index (χ0n) is 11.4. The Labute approximate surface area is 118 Å². The van der Waals surface area contributed by atoms with E-state index in [0.29, 0.717) is 10.6 Å². The van der Waals surface area contributed by atoms with Gasteiger partial charge in [-0.05, 0) is 44.3 Å². The van der Waals surface area contributed by atoms with Crippen molar-refractivity contribution in [1.29, 1.82) is 0 Å². The van der Waals surface area contributed by atoms with Gasteiger partial charge in [-0.2, -0.15) is 0 Å². The lowest BCUT2D eigenvalue weighted by Gasteiger charge is -2.11. The lowest BCUT2D eigenvalue weighted by molar-refractivity contribution is 0.402. The number of hydrogen-bond acceptors (Lipinski definition) is 1. The van der Waals surface area contributed by atoms with E-state index in [1.807, 2.05) is 26.2 Å². The van der Waals surface area contributed by atoms with Crippen LogP contribution in [0.5, 0.6) is 0 Å². The molecule has 0 unspecified atom stereocenters. The molecule has 0 amide bonds. The normalized spacial score (nSPS) is 11.1. The summed E-state index contributed by atoms with van der Waals surface area (Å²) in [6.07, 6.45) is 0. The van der Waals surface area contributed by atoms with Crippen LogP contribution in [0, 0.1) is 12.7 Å². The Bertz CT molecular complexity index is 576. The molecule has 2 rings (SSSR count). The maximum absolute atomic E-state index is 13.4. The molecule has 100 valence electrons. The van der Waals surface area contributed by atoms with E-state index in [9.17, 15) is 4.39 Å². The molecule has 0 saturated heterocycles. The molecule has 0 N–H and O–H groups in total. The summed E-state index contributed by atoms with van der Waals surface area (Å²) in [5, 5.41) is 0.486. The third-order valence-corrected chi connectivity index (χ3v) is 3.57. The largest absolute Gasteiger partial charge is 0.305 e. The summed E-state index contributed by atoms with van der Waals surface area (Å²) in [6.45, 7) is 2.60. The van der Waals surface area contributed by atoms with Gasteiger partial charge in [0.15, 0.2) is 0 Å². The highest BCUT2D eigenvalue weighted by Gasteiger charge is 2.09. The molecule has 2 aromatic rings. The van der Waals surface area contributed by atoms with Gasteiger partial charge in [-0.1, -0.05) is 35.9 Å².